The lowest BCUT2D eigenvalue weighted by atomic mass is 10.0. The van der Waals surface area contributed by atoms with Crippen LogP contribution < -0.4 is 11.1 Å². The third kappa shape index (κ3) is 2.90. The molecule has 1 aromatic heterocycles. The molecule has 1 aliphatic heterocycles. The fourth-order valence-corrected chi connectivity index (χ4v) is 2.48. The molecule has 5 nitrogen and oxygen atoms in total. The van der Waals surface area contributed by atoms with Gasteiger partial charge >= 0.3 is 0 Å². The van der Waals surface area contributed by atoms with Gasteiger partial charge in [0.1, 0.15) is 5.82 Å². The number of rotatable bonds is 2. The molecule has 20 heavy (non-hydrogen) atoms. The zero-order valence-electron chi connectivity index (χ0n) is 10.8. The Bertz CT molecular complexity index is 597. The average molecular weight is 291 g/mol. The zero-order valence-corrected chi connectivity index (χ0v) is 11.6. The van der Waals surface area contributed by atoms with Crippen LogP contribution in [0.15, 0.2) is 30.3 Å². The van der Waals surface area contributed by atoms with Crippen molar-refractivity contribution in [1.82, 2.24) is 15.5 Å². The first-order chi connectivity index (χ1) is 9.72. The number of benzene rings is 1. The van der Waals surface area contributed by atoms with E-state index >= 15 is 0 Å². The van der Waals surface area contributed by atoms with E-state index in [0.29, 0.717) is 17.4 Å². The standard InChI is InChI=1S/C14H15ClN4O/c15-11-6-9(12-1-2-14(16)19-18-12)5-10(7-11)13-8-20-4-3-17-13/h1-2,5-7,13,17H,3-4,8H2,(H2,16,19). The fraction of sp³-hybridized carbons (Fsp3) is 0.286. The van der Waals surface area contributed by atoms with Gasteiger partial charge in [-0.2, -0.15) is 0 Å². The molecule has 0 saturated carbocycles. The fourth-order valence-electron chi connectivity index (χ4n) is 2.24. The van der Waals surface area contributed by atoms with Gasteiger partial charge in [-0.3, -0.25) is 0 Å². The lowest BCUT2D eigenvalue weighted by molar-refractivity contribution is 0.0769. The highest BCUT2D eigenvalue weighted by Gasteiger charge is 2.16. The largest absolute Gasteiger partial charge is 0.382 e. The highest BCUT2D eigenvalue weighted by molar-refractivity contribution is 6.31. The van der Waals surface area contributed by atoms with Gasteiger partial charge in [0.15, 0.2) is 0 Å². The van der Waals surface area contributed by atoms with Crippen molar-refractivity contribution < 1.29 is 4.74 Å². The summed E-state index contributed by atoms with van der Waals surface area (Å²) in [6.07, 6.45) is 0. The predicted octanol–water partition coefficient (Wildman–Crippen LogP) is 2.04. The van der Waals surface area contributed by atoms with Gasteiger partial charge in [-0.05, 0) is 35.9 Å². The van der Waals surface area contributed by atoms with E-state index in [2.05, 4.69) is 21.6 Å². The molecule has 1 aliphatic rings. The van der Waals surface area contributed by atoms with E-state index in [1.165, 1.54) is 0 Å². The lowest BCUT2D eigenvalue weighted by Crippen LogP contribution is -2.34. The van der Waals surface area contributed by atoms with Crippen molar-refractivity contribution in [2.24, 2.45) is 0 Å². The maximum atomic E-state index is 6.21. The molecule has 0 bridgehead atoms. The second-order valence-electron chi connectivity index (χ2n) is 4.70. The molecule has 1 saturated heterocycles. The smallest absolute Gasteiger partial charge is 0.146 e. The van der Waals surface area contributed by atoms with Crippen molar-refractivity contribution in [3.05, 3.63) is 40.9 Å². The maximum absolute atomic E-state index is 6.21. The van der Waals surface area contributed by atoms with Gasteiger partial charge in [-0.15, -0.1) is 10.2 Å². The molecule has 2 aromatic rings. The summed E-state index contributed by atoms with van der Waals surface area (Å²) in [6, 6.07) is 9.59. The Hall–Kier alpha value is -1.69. The second-order valence-corrected chi connectivity index (χ2v) is 5.13. The highest BCUT2D eigenvalue weighted by atomic mass is 35.5. The first-order valence-electron chi connectivity index (χ1n) is 6.43. The van der Waals surface area contributed by atoms with Crippen LogP contribution in [-0.4, -0.2) is 30.0 Å². The Balaban J connectivity index is 1.95. The predicted molar refractivity (Wildman–Crippen MR) is 78.5 cm³/mol. The molecule has 104 valence electrons. The number of ether oxygens (including phenoxy) is 1. The second kappa shape index (κ2) is 5.75. The summed E-state index contributed by atoms with van der Waals surface area (Å²) >= 11 is 6.21. The first-order valence-corrected chi connectivity index (χ1v) is 6.81. The molecule has 2 heterocycles. The number of halogens is 1. The van der Waals surface area contributed by atoms with E-state index in [1.54, 1.807) is 6.07 Å². The molecule has 1 atom stereocenters. The summed E-state index contributed by atoms with van der Waals surface area (Å²) < 4.78 is 5.49. The summed E-state index contributed by atoms with van der Waals surface area (Å²) in [7, 11) is 0. The number of hydrogen-bond donors (Lipinski definition) is 2. The van der Waals surface area contributed by atoms with E-state index in [9.17, 15) is 0 Å². The minimum Gasteiger partial charge on any atom is -0.382 e. The van der Waals surface area contributed by atoms with Crippen molar-refractivity contribution in [2.75, 3.05) is 25.5 Å². The van der Waals surface area contributed by atoms with Crippen molar-refractivity contribution in [3.63, 3.8) is 0 Å². The van der Waals surface area contributed by atoms with Gasteiger partial charge in [0, 0.05) is 17.1 Å². The Morgan fingerprint density at radius 2 is 2.15 bits per heavy atom. The maximum Gasteiger partial charge on any atom is 0.146 e. The van der Waals surface area contributed by atoms with Crippen LogP contribution in [-0.2, 0) is 4.74 Å². The van der Waals surface area contributed by atoms with E-state index in [-0.39, 0.29) is 6.04 Å². The number of aromatic nitrogens is 2. The average Bonchev–Trinajstić information content (AvgIpc) is 2.48. The molecular weight excluding hydrogens is 276 g/mol. The van der Waals surface area contributed by atoms with Gasteiger partial charge < -0.3 is 15.8 Å². The number of hydrogen-bond acceptors (Lipinski definition) is 5. The van der Waals surface area contributed by atoms with Gasteiger partial charge in [-0.1, -0.05) is 11.6 Å². The summed E-state index contributed by atoms with van der Waals surface area (Å²) in [5.74, 6) is 0.401. The van der Waals surface area contributed by atoms with Crippen LogP contribution in [0.3, 0.4) is 0 Å². The summed E-state index contributed by atoms with van der Waals surface area (Å²) in [5.41, 5.74) is 8.32. The molecule has 6 heteroatoms. The monoisotopic (exact) mass is 290 g/mol. The van der Waals surface area contributed by atoms with Crippen molar-refractivity contribution in [3.8, 4) is 11.3 Å². The number of nitrogens with one attached hydrogen (secondary N) is 1. The third-order valence-corrected chi connectivity index (χ3v) is 3.44. The summed E-state index contributed by atoms with van der Waals surface area (Å²) in [4.78, 5) is 0. The molecule has 1 unspecified atom stereocenters. The topological polar surface area (TPSA) is 73.1 Å². The SMILES string of the molecule is Nc1ccc(-c2cc(Cl)cc(C3COCCN3)c2)nn1. The van der Waals surface area contributed by atoms with Crippen LogP contribution in [0.5, 0.6) is 0 Å². The molecule has 1 fully saturated rings. The third-order valence-electron chi connectivity index (χ3n) is 3.23. The molecule has 0 radical (unpaired) electrons. The minimum atomic E-state index is 0.156. The van der Waals surface area contributed by atoms with E-state index < -0.39 is 0 Å². The summed E-state index contributed by atoms with van der Waals surface area (Å²) in [5, 5.41) is 12.0. The van der Waals surface area contributed by atoms with E-state index in [4.69, 9.17) is 22.1 Å². The van der Waals surface area contributed by atoms with Crippen LogP contribution in [0.1, 0.15) is 11.6 Å². The normalized spacial score (nSPS) is 18.9. The van der Waals surface area contributed by atoms with Gasteiger partial charge in [0.25, 0.3) is 0 Å². The Morgan fingerprint density at radius 1 is 1.25 bits per heavy atom. The number of morpholine rings is 1. The molecule has 0 amide bonds. The van der Waals surface area contributed by atoms with Crippen LogP contribution in [0.2, 0.25) is 5.02 Å². The van der Waals surface area contributed by atoms with Crippen LogP contribution in [0, 0.1) is 0 Å². The first kappa shape index (κ1) is 13.3. The van der Waals surface area contributed by atoms with Gasteiger partial charge in [0.05, 0.1) is 24.9 Å². The molecule has 0 spiro atoms. The number of anilines is 1. The quantitative estimate of drug-likeness (QED) is 0.885. The molecule has 3 N–H and O–H groups in total. The Kier molecular flexibility index (Phi) is 3.82. The Morgan fingerprint density at radius 3 is 2.85 bits per heavy atom. The van der Waals surface area contributed by atoms with E-state index in [0.717, 1.165) is 30.0 Å². The number of nitrogen functional groups attached to an aromatic ring is 1. The van der Waals surface area contributed by atoms with Crippen molar-refractivity contribution in [2.45, 2.75) is 6.04 Å². The van der Waals surface area contributed by atoms with Crippen LogP contribution >= 0.6 is 11.6 Å². The molecular formula is C14H15ClN4O. The minimum absolute atomic E-state index is 0.156. The molecule has 3 rings (SSSR count). The van der Waals surface area contributed by atoms with Crippen molar-refractivity contribution in [1.29, 1.82) is 0 Å². The van der Waals surface area contributed by atoms with E-state index in [1.807, 2.05) is 18.2 Å². The molecule has 0 aliphatic carbocycles. The lowest BCUT2D eigenvalue weighted by Gasteiger charge is -2.24. The Labute approximate surface area is 122 Å². The number of nitrogens with two attached hydrogens (primary N) is 1. The number of nitrogens with zero attached hydrogens (tertiary/aromatic N) is 2. The van der Waals surface area contributed by atoms with Gasteiger partial charge in [0.2, 0.25) is 0 Å². The van der Waals surface area contributed by atoms with Crippen molar-refractivity contribution >= 4 is 17.4 Å². The van der Waals surface area contributed by atoms with Gasteiger partial charge in [-0.25, -0.2) is 0 Å². The summed E-state index contributed by atoms with van der Waals surface area (Å²) in [6.45, 7) is 2.23. The van der Waals surface area contributed by atoms with Crippen LogP contribution in [0.25, 0.3) is 11.3 Å². The zero-order chi connectivity index (χ0) is 13.9. The molecule has 1 aromatic carbocycles. The highest BCUT2D eigenvalue weighted by Crippen LogP contribution is 2.27. The van der Waals surface area contributed by atoms with Crippen LogP contribution in [0.4, 0.5) is 5.82 Å².